The van der Waals surface area contributed by atoms with Gasteiger partial charge < -0.3 is 14.0 Å². The monoisotopic (exact) mass is 478 g/mol. The number of hydrazone groups is 1. The van der Waals surface area contributed by atoms with Crippen molar-refractivity contribution in [2.75, 3.05) is 7.11 Å². The van der Waals surface area contributed by atoms with Gasteiger partial charge in [0.2, 0.25) is 0 Å². The van der Waals surface area contributed by atoms with Crippen molar-refractivity contribution in [3.05, 3.63) is 107 Å². The van der Waals surface area contributed by atoms with E-state index < -0.39 is 11.8 Å². The minimum atomic E-state index is -0.922. The zero-order valence-corrected chi connectivity index (χ0v) is 20.3. The third kappa shape index (κ3) is 5.45. The molecule has 1 atom stereocenters. The highest BCUT2D eigenvalue weighted by Gasteiger charge is 2.19. The molecule has 1 N–H and O–H groups in total. The Balaban J connectivity index is 1.45. The fraction of sp³-hybridized carbons (Fsp3) is 0.138. The summed E-state index contributed by atoms with van der Waals surface area (Å²) in [4.78, 5) is 12.5. The molecule has 4 rings (SSSR count). The highest BCUT2D eigenvalue weighted by molar-refractivity contribution is 5.88. The van der Waals surface area contributed by atoms with E-state index in [1.807, 2.05) is 80.6 Å². The molecular formula is C29H26N4O3. The van der Waals surface area contributed by atoms with E-state index in [4.69, 9.17) is 9.47 Å². The number of methoxy groups -OCH3 is 1. The van der Waals surface area contributed by atoms with Crippen molar-refractivity contribution in [3.8, 4) is 29.0 Å². The predicted octanol–water partition coefficient (Wildman–Crippen LogP) is 5.65. The maximum atomic E-state index is 12.5. The smallest absolute Gasteiger partial charge is 0.261 e. The molecule has 0 saturated carbocycles. The van der Waals surface area contributed by atoms with E-state index in [1.54, 1.807) is 37.6 Å². The number of aryl methyl sites for hydroxylation is 1. The average Bonchev–Trinajstić information content (AvgIpc) is 3.18. The summed E-state index contributed by atoms with van der Waals surface area (Å²) in [5, 5.41) is 13.5. The number of carbonyl (C=O) groups is 1. The quantitative estimate of drug-likeness (QED) is 0.262. The number of aromatic nitrogens is 1. The van der Waals surface area contributed by atoms with Gasteiger partial charge in [0, 0.05) is 22.6 Å². The van der Waals surface area contributed by atoms with Gasteiger partial charge >= 0.3 is 0 Å². The van der Waals surface area contributed by atoms with Crippen LogP contribution in [0.25, 0.3) is 5.69 Å². The van der Waals surface area contributed by atoms with Crippen LogP contribution in [0.2, 0.25) is 0 Å². The Hall–Kier alpha value is -4.83. The Labute approximate surface area is 210 Å². The first-order chi connectivity index (χ1) is 17.5. The molecule has 7 heteroatoms. The standard InChI is InChI=1S/C29H26N4O3/c1-20-17-23(19-31-32-29(34)28(18-30)22-7-5-4-6-8-22)21(2)33(20)24-9-11-26(12-10-24)36-27-15-13-25(35-3)14-16-27/h4-17,19,28H,1-3H3,(H,32,34)/b31-19-/t28-/m1/s1. The molecule has 0 unspecified atom stereocenters. The molecule has 180 valence electrons. The normalized spacial score (nSPS) is 11.6. The van der Waals surface area contributed by atoms with Crippen molar-refractivity contribution < 1.29 is 14.3 Å². The average molecular weight is 479 g/mol. The third-order valence-corrected chi connectivity index (χ3v) is 5.76. The molecule has 0 bridgehead atoms. The number of nitriles is 1. The molecule has 36 heavy (non-hydrogen) atoms. The fourth-order valence-electron chi connectivity index (χ4n) is 3.92. The van der Waals surface area contributed by atoms with Gasteiger partial charge in [0.15, 0.2) is 5.92 Å². The lowest BCUT2D eigenvalue weighted by Crippen LogP contribution is -2.24. The summed E-state index contributed by atoms with van der Waals surface area (Å²) >= 11 is 0. The molecule has 0 spiro atoms. The number of nitrogens with one attached hydrogen (secondary N) is 1. The van der Waals surface area contributed by atoms with Gasteiger partial charge in [-0.25, -0.2) is 5.43 Å². The number of hydrogen-bond acceptors (Lipinski definition) is 5. The van der Waals surface area contributed by atoms with Crippen LogP contribution in [0.15, 0.2) is 90.0 Å². The lowest BCUT2D eigenvalue weighted by molar-refractivity contribution is -0.121. The maximum absolute atomic E-state index is 12.5. The van der Waals surface area contributed by atoms with E-state index in [0.717, 1.165) is 39.9 Å². The van der Waals surface area contributed by atoms with E-state index in [9.17, 15) is 10.1 Å². The van der Waals surface area contributed by atoms with Gasteiger partial charge in [-0.15, -0.1) is 0 Å². The fourth-order valence-corrected chi connectivity index (χ4v) is 3.92. The van der Waals surface area contributed by atoms with Gasteiger partial charge in [-0.1, -0.05) is 30.3 Å². The van der Waals surface area contributed by atoms with Crippen LogP contribution in [-0.4, -0.2) is 23.8 Å². The van der Waals surface area contributed by atoms with Crippen molar-refractivity contribution in [1.82, 2.24) is 9.99 Å². The molecule has 0 saturated heterocycles. The maximum Gasteiger partial charge on any atom is 0.261 e. The Morgan fingerprint density at radius 3 is 2.19 bits per heavy atom. The van der Waals surface area contributed by atoms with Gasteiger partial charge in [0.25, 0.3) is 5.91 Å². The predicted molar refractivity (Wildman–Crippen MR) is 139 cm³/mol. The Bertz CT molecular complexity index is 1400. The number of benzene rings is 3. The largest absolute Gasteiger partial charge is 0.497 e. The van der Waals surface area contributed by atoms with Gasteiger partial charge in [-0.3, -0.25) is 4.79 Å². The highest BCUT2D eigenvalue weighted by atomic mass is 16.5. The van der Waals surface area contributed by atoms with Crippen LogP contribution in [0.5, 0.6) is 17.2 Å². The van der Waals surface area contributed by atoms with Gasteiger partial charge in [-0.2, -0.15) is 10.4 Å². The SMILES string of the molecule is COc1ccc(Oc2ccc(-n3c(C)cc(/C=N\NC(=O)[C@H](C#N)c4ccccc4)c3C)cc2)cc1. The van der Waals surface area contributed by atoms with Crippen molar-refractivity contribution in [3.63, 3.8) is 0 Å². The summed E-state index contributed by atoms with van der Waals surface area (Å²) in [6.07, 6.45) is 1.59. The lowest BCUT2D eigenvalue weighted by Gasteiger charge is -2.11. The number of amides is 1. The van der Waals surface area contributed by atoms with E-state index >= 15 is 0 Å². The zero-order chi connectivity index (χ0) is 25.5. The van der Waals surface area contributed by atoms with E-state index in [0.29, 0.717) is 5.56 Å². The second kappa shape index (κ2) is 11.1. The van der Waals surface area contributed by atoms with Crippen LogP contribution in [0, 0.1) is 25.2 Å². The van der Waals surface area contributed by atoms with Gasteiger partial charge in [-0.05, 0) is 74.0 Å². The van der Waals surface area contributed by atoms with Crippen LogP contribution in [-0.2, 0) is 4.79 Å². The molecule has 1 amide bonds. The minimum Gasteiger partial charge on any atom is -0.497 e. The van der Waals surface area contributed by atoms with E-state index in [2.05, 4.69) is 15.1 Å². The topological polar surface area (TPSA) is 88.6 Å². The summed E-state index contributed by atoms with van der Waals surface area (Å²) in [6, 6.07) is 28.2. The molecule has 1 aromatic heterocycles. The highest BCUT2D eigenvalue weighted by Crippen LogP contribution is 2.26. The Kier molecular flexibility index (Phi) is 7.47. The molecular weight excluding hydrogens is 452 g/mol. The molecule has 0 aliphatic rings. The van der Waals surface area contributed by atoms with Crippen molar-refractivity contribution in [1.29, 1.82) is 5.26 Å². The molecule has 0 radical (unpaired) electrons. The number of nitrogens with zero attached hydrogens (tertiary/aromatic N) is 3. The first-order valence-corrected chi connectivity index (χ1v) is 11.4. The second-order valence-corrected chi connectivity index (χ2v) is 8.14. The lowest BCUT2D eigenvalue weighted by atomic mass is 10.0. The molecule has 0 fully saturated rings. The molecule has 0 aliphatic heterocycles. The van der Waals surface area contributed by atoms with E-state index in [-0.39, 0.29) is 0 Å². The summed E-state index contributed by atoms with van der Waals surface area (Å²) in [6.45, 7) is 3.99. The van der Waals surface area contributed by atoms with Crippen LogP contribution in [0.4, 0.5) is 0 Å². The summed E-state index contributed by atoms with van der Waals surface area (Å²) in [5.41, 5.74) is 6.94. The van der Waals surface area contributed by atoms with Crippen molar-refractivity contribution in [2.24, 2.45) is 5.10 Å². The van der Waals surface area contributed by atoms with Crippen LogP contribution < -0.4 is 14.9 Å². The first kappa shape index (κ1) is 24.3. The third-order valence-electron chi connectivity index (χ3n) is 5.76. The van der Waals surface area contributed by atoms with Gasteiger partial charge in [0.05, 0.1) is 19.4 Å². The Morgan fingerprint density at radius 2 is 1.58 bits per heavy atom. The van der Waals surface area contributed by atoms with Crippen molar-refractivity contribution >= 4 is 12.1 Å². The number of hydrogen-bond donors (Lipinski definition) is 1. The minimum absolute atomic E-state index is 0.471. The molecule has 7 nitrogen and oxygen atoms in total. The zero-order valence-electron chi connectivity index (χ0n) is 20.3. The summed E-state index contributed by atoms with van der Waals surface area (Å²) in [7, 11) is 1.63. The summed E-state index contributed by atoms with van der Waals surface area (Å²) < 4.78 is 13.2. The molecule has 0 aliphatic carbocycles. The number of carbonyl (C=O) groups excluding carboxylic acids is 1. The van der Waals surface area contributed by atoms with Crippen LogP contribution >= 0.6 is 0 Å². The summed E-state index contributed by atoms with van der Waals surface area (Å²) in [5.74, 6) is 0.830. The second-order valence-electron chi connectivity index (χ2n) is 8.14. The number of ether oxygens (including phenoxy) is 2. The van der Waals surface area contributed by atoms with Crippen LogP contribution in [0.3, 0.4) is 0 Å². The van der Waals surface area contributed by atoms with E-state index in [1.165, 1.54) is 0 Å². The van der Waals surface area contributed by atoms with Gasteiger partial charge in [0.1, 0.15) is 17.2 Å². The first-order valence-electron chi connectivity index (χ1n) is 11.4. The Morgan fingerprint density at radius 1 is 0.972 bits per heavy atom. The van der Waals surface area contributed by atoms with Crippen molar-refractivity contribution in [2.45, 2.75) is 19.8 Å². The van der Waals surface area contributed by atoms with Crippen LogP contribution in [0.1, 0.15) is 28.4 Å². The number of rotatable bonds is 8. The molecule has 1 heterocycles. The molecule has 4 aromatic rings. The molecule has 3 aromatic carbocycles.